The number of benzene rings is 5. The number of aliphatic hydroxyl groups is 1. The van der Waals surface area contributed by atoms with Gasteiger partial charge in [0.1, 0.15) is 17.7 Å². The maximum Gasteiger partial charge on any atom is 0.407 e. The van der Waals surface area contributed by atoms with Crippen LogP contribution in [0.3, 0.4) is 0 Å². The van der Waals surface area contributed by atoms with Gasteiger partial charge in [0.15, 0.2) is 0 Å². The molecule has 1 aliphatic heterocycles. The van der Waals surface area contributed by atoms with Crippen LogP contribution in [0, 0.1) is 0 Å². The Balaban J connectivity index is 0.000000917. The average molecular weight is 941 g/mol. The van der Waals surface area contributed by atoms with Gasteiger partial charge in [-0.2, -0.15) is 0 Å². The summed E-state index contributed by atoms with van der Waals surface area (Å²) in [6.07, 6.45) is 8.05. The van der Waals surface area contributed by atoms with Crippen molar-refractivity contribution in [1.82, 2.24) is 40.4 Å². The number of nitrogens with one attached hydrogen (secondary N) is 4. The number of hydrogen-bond acceptors (Lipinski definition) is 9. The highest BCUT2D eigenvalue weighted by atomic mass is 16.5. The van der Waals surface area contributed by atoms with Crippen molar-refractivity contribution in [2.24, 2.45) is 0 Å². The molecule has 0 bridgehead atoms. The molecule has 15 nitrogen and oxygen atoms in total. The molecule has 366 valence electrons. The number of rotatable bonds is 14. The Morgan fingerprint density at radius 2 is 1.49 bits per heavy atom. The lowest BCUT2D eigenvalue weighted by Crippen LogP contribution is -2.45. The van der Waals surface area contributed by atoms with E-state index in [1.165, 1.54) is 7.11 Å². The van der Waals surface area contributed by atoms with E-state index in [1.807, 2.05) is 49.5 Å². The molecule has 0 radical (unpaired) electrons. The first-order valence-corrected chi connectivity index (χ1v) is 23.6. The van der Waals surface area contributed by atoms with Crippen LogP contribution >= 0.6 is 0 Å². The predicted molar refractivity (Wildman–Crippen MR) is 273 cm³/mol. The highest BCUT2D eigenvalue weighted by Gasteiger charge is 2.35. The number of piperidine rings is 1. The average Bonchev–Trinajstić information content (AvgIpc) is 4.06. The number of H-pyrrole nitrogens is 2. The summed E-state index contributed by atoms with van der Waals surface area (Å²) in [5.41, 5.74) is 6.64. The third-order valence-electron chi connectivity index (χ3n) is 12.0. The van der Waals surface area contributed by atoms with Gasteiger partial charge < -0.3 is 45.0 Å². The molecule has 1 fully saturated rings. The monoisotopic (exact) mass is 941 g/mol. The zero-order chi connectivity index (χ0) is 49.9. The van der Waals surface area contributed by atoms with Crippen LogP contribution in [0.2, 0.25) is 0 Å². The Morgan fingerprint density at radius 3 is 2.13 bits per heavy atom. The standard InChI is InChI=1S/C49H53N7O4.C2H5NO.C2H6O.CH4O/c1-5-12-44(57)56-38(7-3)15-11-16-42(56)47-50-29-41(52-47)37-20-19-33-26-32(17-18-34(33)28-37)35-21-23-39-36(27-35)22-24-40-46(39)53-43(51-40)30-55(25-6-2)48(58)45(54-49(59)60-4)31-13-9-8-10-14-31;1-3-2-4;1-3-2;1-2/h8-10,13-14,17-24,26-29,38,42,45H,5-7,11-12,15-16,25,30H2,1-4H3,(H,50,52)(H,51,53)(H,54,59);2H,1H3,(H,3,4);1-2H3;2H,1H3. The Labute approximate surface area is 405 Å². The molecule has 4 amide bonds. The molecular weight excluding hydrogens is 873 g/mol. The Morgan fingerprint density at radius 1 is 0.855 bits per heavy atom. The first-order chi connectivity index (χ1) is 33.6. The molecule has 3 heterocycles. The summed E-state index contributed by atoms with van der Waals surface area (Å²) in [5, 5.41) is 16.3. The van der Waals surface area contributed by atoms with Gasteiger partial charge in [0, 0.05) is 58.3 Å². The van der Waals surface area contributed by atoms with Crippen molar-refractivity contribution in [3.05, 3.63) is 120 Å². The van der Waals surface area contributed by atoms with E-state index in [2.05, 4.69) is 105 Å². The lowest BCUT2D eigenvalue weighted by molar-refractivity contribution is -0.139. The second-order valence-electron chi connectivity index (χ2n) is 16.7. The number of fused-ring (bicyclic) bond motifs is 4. The van der Waals surface area contributed by atoms with E-state index in [4.69, 9.17) is 24.6 Å². The molecule has 5 N–H and O–H groups in total. The number of likely N-dealkylation sites (tertiary alicyclic amines) is 1. The van der Waals surface area contributed by atoms with Gasteiger partial charge in [0.05, 0.1) is 42.6 Å². The van der Waals surface area contributed by atoms with Crippen LogP contribution in [0.1, 0.15) is 95.0 Å². The van der Waals surface area contributed by atoms with E-state index in [-0.39, 0.29) is 30.4 Å². The third kappa shape index (κ3) is 13.1. The fraction of sp³-hybridized carbons (Fsp3) is 0.370. The Kier molecular flexibility index (Phi) is 20.3. The van der Waals surface area contributed by atoms with Gasteiger partial charge in [-0.05, 0) is 95.6 Å². The number of carbonyl (C=O) groups excluding carboxylic acids is 4. The lowest BCUT2D eigenvalue weighted by Gasteiger charge is -2.41. The number of imidazole rings is 2. The molecule has 1 aliphatic rings. The first-order valence-electron chi connectivity index (χ1n) is 23.6. The molecule has 3 atom stereocenters. The molecular formula is C54H68N8O7. The number of amides is 4. The number of aromatic nitrogens is 4. The van der Waals surface area contributed by atoms with Crippen molar-refractivity contribution < 1.29 is 33.8 Å². The van der Waals surface area contributed by atoms with Crippen LogP contribution in [-0.4, -0.2) is 107 Å². The molecule has 5 aromatic carbocycles. The van der Waals surface area contributed by atoms with E-state index < -0.39 is 12.1 Å². The van der Waals surface area contributed by atoms with Gasteiger partial charge in [-0.3, -0.25) is 14.4 Å². The SMILES string of the molecule is CCCC(=O)N1C(CC)CCCC1c1ncc(-c2ccc3cc(-c4ccc5c(ccc6[nH]c(CN(CCC)C(=O)C(NC(=O)OC)c7ccccc7)nc65)c4)ccc3c2)[nH]1.CNC=O.CO.COC. The Hall–Kier alpha value is -7.10. The molecule has 1 saturated heterocycles. The normalized spacial score (nSPS) is 14.5. The summed E-state index contributed by atoms with van der Waals surface area (Å²) in [4.78, 5) is 69.2. The molecule has 2 aromatic heterocycles. The van der Waals surface area contributed by atoms with Gasteiger partial charge in [-0.25, -0.2) is 14.8 Å². The van der Waals surface area contributed by atoms with Crippen LogP contribution in [0.4, 0.5) is 4.79 Å². The van der Waals surface area contributed by atoms with E-state index in [0.717, 1.165) is 106 Å². The maximum absolute atomic E-state index is 14.0. The van der Waals surface area contributed by atoms with Crippen molar-refractivity contribution in [3.63, 3.8) is 0 Å². The molecule has 69 heavy (non-hydrogen) atoms. The number of alkyl carbamates (subject to hydrolysis) is 1. The van der Waals surface area contributed by atoms with Crippen molar-refractivity contribution in [2.75, 3.05) is 42.0 Å². The number of methoxy groups -OCH3 is 2. The molecule has 15 heteroatoms. The Bertz CT molecular complexity index is 2750. The third-order valence-corrected chi connectivity index (χ3v) is 12.0. The number of ether oxygens (including phenoxy) is 2. The molecule has 0 spiro atoms. The van der Waals surface area contributed by atoms with Crippen LogP contribution in [0.25, 0.3) is 55.0 Å². The summed E-state index contributed by atoms with van der Waals surface area (Å²) in [5.74, 6) is 1.53. The number of hydrogen-bond donors (Lipinski definition) is 5. The van der Waals surface area contributed by atoms with E-state index >= 15 is 0 Å². The van der Waals surface area contributed by atoms with E-state index in [9.17, 15) is 14.4 Å². The summed E-state index contributed by atoms with van der Waals surface area (Å²) >= 11 is 0. The predicted octanol–water partition coefficient (Wildman–Crippen LogP) is 9.63. The van der Waals surface area contributed by atoms with Gasteiger partial charge in [0.2, 0.25) is 18.2 Å². The molecule has 0 saturated carbocycles. The number of carbonyl (C=O) groups is 4. The first kappa shape index (κ1) is 52.9. The molecule has 0 aliphatic carbocycles. The highest BCUT2D eigenvalue weighted by molar-refractivity contribution is 6.05. The van der Waals surface area contributed by atoms with Crippen LogP contribution in [-0.2, 0) is 30.4 Å². The van der Waals surface area contributed by atoms with Crippen LogP contribution in [0.15, 0.2) is 103 Å². The van der Waals surface area contributed by atoms with Crippen LogP contribution in [0.5, 0.6) is 0 Å². The van der Waals surface area contributed by atoms with E-state index in [0.29, 0.717) is 30.8 Å². The van der Waals surface area contributed by atoms with Crippen molar-refractivity contribution in [1.29, 1.82) is 0 Å². The topological polar surface area (TPSA) is 195 Å². The largest absolute Gasteiger partial charge is 0.453 e. The molecule has 3 unspecified atom stereocenters. The zero-order valence-electron chi connectivity index (χ0n) is 41.2. The minimum absolute atomic E-state index is 0.0177. The summed E-state index contributed by atoms with van der Waals surface area (Å²) in [6.45, 7) is 7.00. The zero-order valence-corrected chi connectivity index (χ0v) is 41.2. The van der Waals surface area contributed by atoms with E-state index in [1.54, 1.807) is 26.2 Å². The summed E-state index contributed by atoms with van der Waals surface area (Å²) in [6, 6.07) is 32.2. The maximum atomic E-state index is 14.0. The quantitative estimate of drug-likeness (QED) is 0.0660. The fourth-order valence-corrected chi connectivity index (χ4v) is 8.83. The lowest BCUT2D eigenvalue weighted by atomic mass is 9.93. The highest BCUT2D eigenvalue weighted by Crippen LogP contribution is 2.37. The second-order valence-corrected chi connectivity index (χ2v) is 16.7. The fourth-order valence-electron chi connectivity index (χ4n) is 8.83. The number of nitrogens with zero attached hydrogens (tertiary/aromatic N) is 4. The minimum Gasteiger partial charge on any atom is -0.453 e. The summed E-state index contributed by atoms with van der Waals surface area (Å²) in [7, 11) is 7.10. The molecule has 8 rings (SSSR count). The summed E-state index contributed by atoms with van der Waals surface area (Å²) < 4.78 is 9.10. The van der Waals surface area contributed by atoms with Crippen molar-refractivity contribution >= 4 is 56.9 Å². The van der Waals surface area contributed by atoms with Gasteiger partial charge in [0.25, 0.3) is 0 Å². The van der Waals surface area contributed by atoms with Crippen molar-refractivity contribution in [2.45, 2.75) is 90.4 Å². The van der Waals surface area contributed by atoms with Crippen LogP contribution < -0.4 is 10.6 Å². The number of aromatic amines is 2. The second kappa shape index (κ2) is 26.4. The van der Waals surface area contributed by atoms with Gasteiger partial charge >= 0.3 is 6.09 Å². The smallest absolute Gasteiger partial charge is 0.407 e. The minimum atomic E-state index is -0.897. The van der Waals surface area contributed by atoms with Crippen molar-refractivity contribution in [3.8, 4) is 22.4 Å². The van der Waals surface area contributed by atoms with Gasteiger partial charge in [-0.15, -0.1) is 0 Å². The number of aliphatic hydroxyl groups excluding tert-OH is 1. The molecule has 7 aromatic rings. The van der Waals surface area contributed by atoms with Gasteiger partial charge in [-0.1, -0.05) is 93.6 Å².